The third-order valence-corrected chi connectivity index (χ3v) is 5.83. The van der Waals surface area contributed by atoms with Crippen LogP contribution in [0.4, 0.5) is 4.79 Å². The first kappa shape index (κ1) is 24.8. The Bertz CT molecular complexity index is 964. The van der Waals surface area contributed by atoms with Crippen LogP contribution < -0.4 is 5.73 Å². The van der Waals surface area contributed by atoms with E-state index in [1.165, 1.54) is 22.9 Å². The van der Waals surface area contributed by atoms with E-state index < -0.39 is 5.60 Å². The van der Waals surface area contributed by atoms with E-state index in [9.17, 15) is 4.79 Å². The van der Waals surface area contributed by atoms with E-state index in [1.807, 2.05) is 51.1 Å². The molecular formula is C25H33N5O2S. The van der Waals surface area contributed by atoms with Crippen LogP contribution in [0.3, 0.4) is 0 Å². The van der Waals surface area contributed by atoms with Gasteiger partial charge in [-0.05, 0) is 43.5 Å². The van der Waals surface area contributed by atoms with E-state index in [1.54, 1.807) is 11.1 Å². The number of amides is 1. The number of nitrogens with two attached hydrogens (primary N) is 1. The standard InChI is InChI=1S/C25H33N5O2S/c1-25(2,3)32-24(31)30-14-12-29(13-15-30)18-22-11-7-10-21(16-22)17-27-28-23(26)33-19-20-8-5-4-6-9-20/h4-11,16-17H,12-15,18-19H2,1-3H3,(H2,26,28). The van der Waals surface area contributed by atoms with E-state index in [0.29, 0.717) is 18.3 Å². The third kappa shape index (κ3) is 8.90. The molecule has 2 N–H and O–H groups in total. The molecule has 176 valence electrons. The Kier molecular flexibility index (Phi) is 8.91. The van der Waals surface area contributed by atoms with Crippen molar-refractivity contribution in [2.24, 2.45) is 15.9 Å². The zero-order chi connectivity index (χ0) is 23.7. The summed E-state index contributed by atoms with van der Waals surface area (Å²) in [5, 5.41) is 8.68. The molecule has 0 spiro atoms. The first-order chi connectivity index (χ1) is 15.8. The molecule has 2 aromatic carbocycles. The smallest absolute Gasteiger partial charge is 0.410 e. The molecule has 0 aliphatic carbocycles. The fraction of sp³-hybridized carbons (Fsp3) is 0.400. The number of carbonyl (C=O) groups is 1. The molecule has 1 fully saturated rings. The molecule has 33 heavy (non-hydrogen) atoms. The second-order valence-electron chi connectivity index (χ2n) is 8.95. The van der Waals surface area contributed by atoms with E-state index in [4.69, 9.17) is 10.5 Å². The van der Waals surface area contributed by atoms with Crippen LogP contribution in [0.15, 0.2) is 64.8 Å². The van der Waals surface area contributed by atoms with E-state index in [2.05, 4.69) is 39.4 Å². The summed E-state index contributed by atoms with van der Waals surface area (Å²) >= 11 is 1.47. The zero-order valence-electron chi connectivity index (χ0n) is 19.6. The molecule has 2 aromatic rings. The molecule has 0 aromatic heterocycles. The zero-order valence-corrected chi connectivity index (χ0v) is 20.4. The van der Waals surface area contributed by atoms with Crippen molar-refractivity contribution >= 4 is 29.2 Å². The van der Waals surface area contributed by atoms with E-state index in [-0.39, 0.29) is 6.09 Å². The predicted molar refractivity (Wildman–Crippen MR) is 136 cm³/mol. The van der Waals surface area contributed by atoms with E-state index in [0.717, 1.165) is 31.0 Å². The van der Waals surface area contributed by atoms with Gasteiger partial charge in [0, 0.05) is 38.5 Å². The van der Waals surface area contributed by atoms with Gasteiger partial charge < -0.3 is 15.4 Å². The van der Waals surface area contributed by atoms with Crippen LogP contribution in [0, 0.1) is 0 Å². The molecule has 0 radical (unpaired) electrons. The lowest BCUT2D eigenvalue weighted by Gasteiger charge is -2.35. The lowest BCUT2D eigenvalue weighted by molar-refractivity contribution is 0.0139. The van der Waals surface area contributed by atoms with Gasteiger partial charge in [0.15, 0.2) is 5.17 Å². The largest absolute Gasteiger partial charge is 0.444 e. The molecule has 0 unspecified atom stereocenters. The second kappa shape index (κ2) is 11.9. The number of hydrogen-bond acceptors (Lipinski definition) is 6. The fourth-order valence-electron chi connectivity index (χ4n) is 3.36. The van der Waals surface area contributed by atoms with Crippen molar-refractivity contribution in [3.05, 3.63) is 71.3 Å². The molecule has 1 heterocycles. The van der Waals surface area contributed by atoms with Crippen molar-refractivity contribution in [2.45, 2.75) is 38.7 Å². The molecule has 0 atom stereocenters. The number of piperazine rings is 1. The molecule has 7 nitrogen and oxygen atoms in total. The van der Waals surface area contributed by atoms with Gasteiger partial charge in [-0.15, -0.1) is 5.10 Å². The van der Waals surface area contributed by atoms with Gasteiger partial charge in [0.2, 0.25) is 0 Å². The highest BCUT2D eigenvalue weighted by Crippen LogP contribution is 2.14. The monoisotopic (exact) mass is 467 g/mol. The minimum absolute atomic E-state index is 0.234. The number of hydrogen-bond donors (Lipinski definition) is 1. The molecule has 0 saturated carbocycles. The number of rotatable bonds is 6. The lowest BCUT2D eigenvalue weighted by Crippen LogP contribution is -2.49. The van der Waals surface area contributed by atoms with Gasteiger partial charge in [0.1, 0.15) is 5.60 Å². The molecule has 1 aliphatic heterocycles. The van der Waals surface area contributed by atoms with Crippen molar-refractivity contribution in [3.8, 4) is 0 Å². The van der Waals surface area contributed by atoms with Crippen molar-refractivity contribution < 1.29 is 9.53 Å². The summed E-state index contributed by atoms with van der Waals surface area (Å²) in [6, 6.07) is 18.4. The Balaban J connectivity index is 1.46. The van der Waals surface area contributed by atoms with Crippen molar-refractivity contribution in [1.29, 1.82) is 0 Å². The number of benzene rings is 2. The Labute approximate surface area is 200 Å². The normalized spacial score (nSPS) is 15.7. The molecule has 3 rings (SSSR count). The molecule has 1 saturated heterocycles. The van der Waals surface area contributed by atoms with Crippen LogP contribution in [0.1, 0.15) is 37.5 Å². The summed E-state index contributed by atoms with van der Waals surface area (Å²) in [6.07, 6.45) is 1.49. The number of carbonyl (C=O) groups excluding carboxylic acids is 1. The fourth-order valence-corrected chi connectivity index (χ4v) is 3.97. The summed E-state index contributed by atoms with van der Waals surface area (Å²) in [4.78, 5) is 16.4. The van der Waals surface area contributed by atoms with Gasteiger partial charge in [0.25, 0.3) is 0 Å². The van der Waals surface area contributed by atoms with Crippen molar-refractivity contribution in [2.75, 3.05) is 26.2 Å². The maximum absolute atomic E-state index is 12.2. The maximum atomic E-state index is 12.2. The lowest BCUT2D eigenvalue weighted by atomic mass is 10.1. The van der Waals surface area contributed by atoms with Gasteiger partial charge >= 0.3 is 6.09 Å². The summed E-state index contributed by atoms with van der Waals surface area (Å²) in [6.45, 7) is 9.47. The van der Waals surface area contributed by atoms with Crippen molar-refractivity contribution in [3.63, 3.8) is 0 Å². The van der Waals surface area contributed by atoms with Crippen LogP contribution in [0.2, 0.25) is 0 Å². The molecular weight excluding hydrogens is 434 g/mol. The summed E-state index contributed by atoms with van der Waals surface area (Å²) in [5.74, 6) is 0.766. The average molecular weight is 468 g/mol. The summed E-state index contributed by atoms with van der Waals surface area (Å²) < 4.78 is 5.47. The highest BCUT2D eigenvalue weighted by atomic mass is 32.2. The highest BCUT2D eigenvalue weighted by molar-refractivity contribution is 8.13. The van der Waals surface area contributed by atoms with Crippen LogP contribution in [-0.4, -0.2) is 59.1 Å². The van der Waals surface area contributed by atoms with Gasteiger partial charge in [0.05, 0.1) is 6.21 Å². The quantitative estimate of drug-likeness (QED) is 0.389. The topological polar surface area (TPSA) is 83.5 Å². The SMILES string of the molecule is CC(C)(C)OC(=O)N1CCN(Cc2cccc(C=NN=C(N)SCc3ccccc3)c2)CC1. The van der Waals surface area contributed by atoms with Crippen LogP contribution >= 0.6 is 11.8 Å². The third-order valence-electron chi connectivity index (χ3n) is 4.97. The first-order valence-electron chi connectivity index (χ1n) is 11.1. The number of amidine groups is 1. The Morgan fingerprint density at radius 2 is 1.76 bits per heavy atom. The van der Waals surface area contributed by atoms with Crippen LogP contribution in [0.5, 0.6) is 0 Å². The summed E-state index contributed by atoms with van der Waals surface area (Å²) in [7, 11) is 0. The molecule has 1 amide bonds. The van der Waals surface area contributed by atoms with Gasteiger partial charge in [-0.1, -0.05) is 60.3 Å². The second-order valence-corrected chi connectivity index (χ2v) is 9.94. The molecule has 0 bridgehead atoms. The van der Waals surface area contributed by atoms with Crippen molar-refractivity contribution in [1.82, 2.24) is 9.80 Å². The minimum Gasteiger partial charge on any atom is -0.444 e. The van der Waals surface area contributed by atoms with Crippen LogP contribution in [0.25, 0.3) is 0 Å². The Morgan fingerprint density at radius 3 is 2.45 bits per heavy atom. The van der Waals surface area contributed by atoms with Gasteiger partial charge in [-0.3, -0.25) is 4.90 Å². The average Bonchev–Trinajstić information content (AvgIpc) is 2.78. The maximum Gasteiger partial charge on any atom is 0.410 e. The van der Waals surface area contributed by atoms with E-state index >= 15 is 0 Å². The molecule has 1 aliphatic rings. The number of ether oxygens (including phenoxy) is 1. The number of thioether (sulfide) groups is 1. The van der Waals surface area contributed by atoms with Crippen LogP contribution in [-0.2, 0) is 17.0 Å². The minimum atomic E-state index is -0.467. The molecule has 8 heteroatoms. The first-order valence-corrected chi connectivity index (χ1v) is 12.1. The Hall–Kier alpha value is -2.84. The number of nitrogens with zero attached hydrogens (tertiary/aromatic N) is 4. The summed E-state index contributed by atoms with van der Waals surface area (Å²) in [5.41, 5.74) is 8.86. The van der Waals surface area contributed by atoms with Gasteiger partial charge in [-0.25, -0.2) is 4.79 Å². The predicted octanol–water partition coefficient (Wildman–Crippen LogP) is 4.32. The van der Waals surface area contributed by atoms with Gasteiger partial charge in [-0.2, -0.15) is 5.10 Å². The Morgan fingerprint density at radius 1 is 1.06 bits per heavy atom. The highest BCUT2D eigenvalue weighted by Gasteiger charge is 2.25.